The van der Waals surface area contributed by atoms with E-state index in [0.29, 0.717) is 5.41 Å². The van der Waals surface area contributed by atoms with Crippen molar-refractivity contribution >= 4 is 17.1 Å². The Kier molecular flexibility index (Phi) is 5.49. The zero-order valence-corrected chi connectivity index (χ0v) is 29.5. The monoisotopic (exact) mass is 637 g/mol. The number of nitrogens with zero attached hydrogens (tertiary/aromatic N) is 1. The molecule has 0 heterocycles. The van der Waals surface area contributed by atoms with E-state index in [0.717, 1.165) is 23.7 Å². The van der Waals surface area contributed by atoms with Crippen molar-refractivity contribution in [1.29, 1.82) is 0 Å². The van der Waals surface area contributed by atoms with Crippen molar-refractivity contribution < 1.29 is 0 Å². The molecule has 6 aliphatic rings. The van der Waals surface area contributed by atoms with Crippen LogP contribution in [0.15, 0.2) is 115 Å². The van der Waals surface area contributed by atoms with Gasteiger partial charge in [0.2, 0.25) is 0 Å². The van der Waals surface area contributed by atoms with Gasteiger partial charge in [-0.05, 0) is 148 Å². The summed E-state index contributed by atoms with van der Waals surface area (Å²) >= 11 is 0. The Morgan fingerprint density at radius 1 is 0.571 bits per heavy atom. The molecule has 6 unspecified atom stereocenters. The molecule has 0 radical (unpaired) electrons. The van der Waals surface area contributed by atoms with Crippen molar-refractivity contribution in [3.05, 3.63) is 138 Å². The first kappa shape index (κ1) is 28.7. The fourth-order valence-corrected chi connectivity index (χ4v) is 13.2. The number of hydrogen-bond donors (Lipinski definition) is 0. The van der Waals surface area contributed by atoms with E-state index in [9.17, 15) is 0 Å². The van der Waals surface area contributed by atoms with Crippen molar-refractivity contribution in [1.82, 2.24) is 0 Å². The smallest absolute Gasteiger partial charge is 0.0543 e. The minimum absolute atomic E-state index is 0.114. The quantitative estimate of drug-likeness (QED) is 0.189. The van der Waals surface area contributed by atoms with Crippen LogP contribution in [0.4, 0.5) is 17.1 Å². The predicted molar refractivity (Wildman–Crippen MR) is 203 cm³/mol. The van der Waals surface area contributed by atoms with Gasteiger partial charge in [0, 0.05) is 22.4 Å². The molecule has 6 aliphatic carbocycles. The maximum Gasteiger partial charge on any atom is 0.0543 e. The Bertz CT molecular complexity index is 2170. The zero-order valence-electron chi connectivity index (χ0n) is 29.5. The Labute approximate surface area is 292 Å². The normalized spacial score (nSPS) is 31.3. The zero-order chi connectivity index (χ0) is 32.9. The molecule has 6 atom stereocenters. The van der Waals surface area contributed by atoms with Gasteiger partial charge >= 0.3 is 0 Å². The topological polar surface area (TPSA) is 3.24 Å². The summed E-state index contributed by atoms with van der Waals surface area (Å²) in [6.45, 7) is 9.79. The van der Waals surface area contributed by atoms with Crippen LogP contribution in [0.1, 0.15) is 88.5 Å². The van der Waals surface area contributed by atoms with Crippen molar-refractivity contribution in [2.24, 2.45) is 29.1 Å². The SMILES string of the molecule is CC1(C)CCC(C)(C)c2cc(N(c3ccccc3)c3ccc(-c4ccccc4)c4c3-c3ccccc3C43C4CC5CC6CC3C64C5)ccc21. The summed E-state index contributed by atoms with van der Waals surface area (Å²) in [6.07, 6.45) is 8.26. The Morgan fingerprint density at radius 2 is 1.27 bits per heavy atom. The lowest BCUT2D eigenvalue weighted by Gasteiger charge is -2.76. The van der Waals surface area contributed by atoms with E-state index in [1.54, 1.807) is 11.1 Å². The molecule has 0 amide bonds. The van der Waals surface area contributed by atoms with Gasteiger partial charge in [-0.15, -0.1) is 0 Å². The highest BCUT2D eigenvalue weighted by Crippen LogP contribution is 2.90. The third-order valence-electron chi connectivity index (χ3n) is 15.2. The van der Waals surface area contributed by atoms with E-state index in [4.69, 9.17) is 0 Å². The van der Waals surface area contributed by atoms with Crippen LogP contribution in [-0.2, 0) is 16.2 Å². The van der Waals surface area contributed by atoms with Gasteiger partial charge in [0.1, 0.15) is 0 Å². The van der Waals surface area contributed by atoms with Crippen LogP contribution in [0, 0.1) is 29.1 Å². The van der Waals surface area contributed by atoms with Gasteiger partial charge in [-0.2, -0.15) is 0 Å². The lowest BCUT2D eigenvalue weighted by atomic mass is 9.26. The lowest BCUT2D eigenvalue weighted by molar-refractivity contribution is -0.231. The van der Waals surface area contributed by atoms with Gasteiger partial charge in [-0.1, -0.05) is 113 Å². The van der Waals surface area contributed by atoms with Crippen LogP contribution in [0.2, 0.25) is 0 Å². The maximum atomic E-state index is 2.61. The van der Waals surface area contributed by atoms with E-state index in [1.165, 1.54) is 89.0 Å². The van der Waals surface area contributed by atoms with Crippen molar-refractivity contribution in [2.75, 3.05) is 4.90 Å². The van der Waals surface area contributed by atoms with Crippen LogP contribution in [0.5, 0.6) is 0 Å². The highest BCUT2D eigenvalue weighted by molar-refractivity contribution is 6.00. The standard InChI is InChI=1S/C48H47N/c1-45(2)23-24-46(3,4)39-28-34(19-21-38(39)45)49(33-15-9-6-10-16-33)40-22-20-35(31-13-7-5-8-14-31)44-43(40)36-17-11-12-18-37(36)48(44)41-26-30-25-32-27-42(48)47(32,41)29-30/h5-22,28,30,32,41-42H,23-27,29H2,1-4H3. The highest BCUT2D eigenvalue weighted by Gasteiger charge is 2.84. The van der Waals surface area contributed by atoms with E-state index in [-0.39, 0.29) is 16.2 Å². The number of rotatable bonds is 4. The van der Waals surface area contributed by atoms with Gasteiger partial charge in [0.15, 0.2) is 0 Å². The molecule has 2 spiro atoms. The first-order valence-electron chi connectivity index (χ1n) is 19.1. The second-order valence-corrected chi connectivity index (χ2v) is 18.0. The van der Waals surface area contributed by atoms with Gasteiger partial charge in [-0.3, -0.25) is 0 Å². The van der Waals surface area contributed by atoms with Crippen LogP contribution in [0.25, 0.3) is 22.3 Å². The largest absolute Gasteiger partial charge is 0.310 e. The highest BCUT2D eigenvalue weighted by atomic mass is 15.1. The number of benzene rings is 5. The minimum Gasteiger partial charge on any atom is -0.310 e. The molecule has 0 saturated heterocycles. The molecular formula is C48H47N. The van der Waals surface area contributed by atoms with Crippen LogP contribution in [0.3, 0.4) is 0 Å². The number of hydrogen-bond acceptors (Lipinski definition) is 1. The van der Waals surface area contributed by atoms with Crippen molar-refractivity contribution in [2.45, 2.75) is 82.5 Å². The molecule has 244 valence electrons. The molecule has 2 bridgehead atoms. The maximum absolute atomic E-state index is 2.61. The van der Waals surface area contributed by atoms with Gasteiger partial charge in [0.05, 0.1) is 5.69 Å². The fraction of sp³-hybridized carbons (Fsp3) is 0.375. The molecule has 5 aromatic carbocycles. The van der Waals surface area contributed by atoms with E-state index in [1.807, 2.05) is 0 Å². The molecular weight excluding hydrogens is 591 g/mol. The summed E-state index contributed by atoms with van der Waals surface area (Å²) in [5, 5.41) is 0. The van der Waals surface area contributed by atoms with Crippen molar-refractivity contribution in [3.8, 4) is 22.3 Å². The van der Waals surface area contributed by atoms with E-state index in [2.05, 4.69) is 148 Å². The molecule has 4 fully saturated rings. The summed E-state index contributed by atoms with van der Waals surface area (Å²) in [6, 6.07) is 44.6. The number of anilines is 3. The van der Waals surface area contributed by atoms with Crippen molar-refractivity contribution in [3.63, 3.8) is 0 Å². The molecule has 0 aromatic heterocycles. The van der Waals surface area contributed by atoms with Gasteiger partial charge in [0.25, 0.3) is 0 Å². The lowest BCUT2D eigenvalue weighted by Crippen LogP contribution is -2.73. The fourth-order valence-electron chi connectivity index (χ4n) is 13.2. The summed E-state index contributed by atoms with van der Waals surface area (Å²) < 4.78 is 0. The third-order valence-corrected chi connectivity index (χ3v) is 15.2. The number of para-hydroxylation sites is 1. The van der Waals surface area contributed by atoms with Gasteiger partial charge < -0.3 is 4.90 Å². The Balaban J connectivity index is 1.21. The average molecular weight is 638 g/mol. The first-order chi connectivity index (χ1) is 23.7. The van der Waals surface area contributed by atoms with Crippen LogP contribution >= 0.6 is 0 Å². The molecule has 11 rings (SSSR count). The second-order valence-electron chi connectivity index (χ2n) is 18.0. The summed E-state index contributed by atoms with van der Waals surface area (Å²) in [7, 11) is 0. The van der Waals surface area contributed by atoms with E-state index < -0.39 is 0 Å². The van der Waals surface area contributed by atoms with Crippen LogP contribution in [-0.4, -0.2) is 0 Å². The predicted octanol–water partition coefficient (Wildman–Crippen LogP) is 12.5. The molecule has 0 N–H and O–H groups in total. The summed E-state index contributed by atoms with van der Waals surface area (Å²) in [5.74, 6) is 3.43. The molecule has 0 aliphatic heterocycles. The molecule has 1 heteroatoms. The average Bonchev–Trinajstić information content (AvgIpc) is 3.76. The molecule has 4 saturated carbocycles. The second kappa shape index (κ2) is 9.36. The third kappa shape index (κ3) is 3.38. The minimum atomic E-state index is 0.114. The Morgan fingerprint density at radius 3 is 2.04 bits per heavy atom. The molecule has 1 nitrogen and oxygen atoms in total. The molecule has 5 aromatic rings. The van der Waals surface area contributed by atoms with E-state index >= 15 is 0 Å². The Hall–Kier alpha value is -4.10. The summed E-state index contributed by atoms with van der Waals surface area (Å²) in [4.78, 5) is 2.61. The van der Waals surface area contributed by atoms with Crippen LogP contribution < -0.4 is 4.90 Å². The first-order valence-corrected chi connectivity index (χ1v) is 19.1. The van der Waals surface area contributed by atoms with Gasteiger partial charge in [-0.25, -0.2) is 0 Å². The number of fused-ring (bicyclic) bond motifs is 9. The molecule has 49 heavy (non-hydrogen) atoms. The summed E-state index contributed by atoms with van der Waals surface area (Å²) in [5.41, 5.74) is 17.0.